The molecule has 1 amide bonds. The molecule has 3 N–H and O–H groups in total. The lowest BCUT2D eigenvalue weighted by atomic mass is 10.1. The first-order valence-corrected chi connectivity index (χ1v) is 12.1. The fourth-order valence-electron chi connectivity index (χ4n) is 4.26. The Morgan fingerprint density at radius 1 is 1.19 bits per heavy atom. The second-order valence-corrected chi connectivity index (χ2v) is 10.1. The van der Waals surface area contributed by atoms with E-state index in [1.54, 1.807) is 4.90 Å². The Bertz CT molecular complexity index is 1440. The molecular formula is C21H19F3N6O5S. The van der Waals surface area contributed by atoms with Crippen molar-refractivity contribution in [3.63, 3.8) is 0 Å². The van der Waals surface area contributed by atoms with Gasteiger partial charge >= 0.3 is 0 Å². The summed E-state index contributed by atoms with van der Waals surface area (Å²) in [6.45, 7) is 0.601. The van der Waals surface area contributed by atoms with Crippen LogP contribution in [0.25, 0.3) is 0 Å². The molecule has 0 spiro atoms. The fourth-order valence-corrected chi connectivity index (χ4v) is 5.75. The summed E-state index contributed by atoms with van der Waals surface area (Å²) in [5.74, 6) is -5.98. The number of nitrogens with zero attached hydrogens (tertiary/aromatic N) is 4. The zero-order valence-electron chi connectivity index (χ0n) is 18.6. The number of sulfonamides is 1. The molecule has 0 saturated carbocycles. The Kier molecular flexibility index (Phi) is 5.75. The lowest BCUT2D eigenvalue weighted by molar-refractivity contribution is 0.101. The lowest BCUT2D eigenvalue weighted by Gasteiger charge is -2.23. The molecule has 2 aliphatic rings. The largest absolute Gasteiger partial charge is 0.505 e. The Morgan fingerprint density at radius 3 is 2.53 bits per heavy atom. The van der Waals surface area contributed by atoms with Gasteiger partial charge in [0, 0.05) is 56.1 Å². The van der Waals surface area contributed by atoms with Crippen molar-refractivity contribution in [1.82, 2.24) is 19.3 Å². The Balaban J connectivity index is 1.43. The molecule has 1 fully saturated rings. The highest BCUT2D eigenvalue weighted by molar-refractivity contribution is 7.89. The topological polar surface area (TPSA) is 139 Å². The molecule has 2 aromatic heterocycles. The second-order valence-electron chi connectivity index (χ2n) is 8.44. The summed E-state index contributed by atoms with van der Waals surface area (Å²) in [6, 6.07) is 0.652. The second kappa shape index (κ2) is 8.67. The summed E-state index contributed by atoms with van der Waals surface area (Å²) >= 11 is 0. The highest BCUT2D eigenvalue weighted by Crippen LogP contribution is 2.35. The van der Waals surface area contributed by atoms with Crippen LogP contribution in [-0.4, -0.2) is 59.7 Å². The molecule has 2 atom stereocenters. The van der Waals surface area contributed by atoms with Crippen molar-refractivity contribution in [2.24, 2.45) is 13.0 Å². The van der Waals surface area contributed by atoms with Crippen LogP contribution in [0, 0.1) is 23.4 Å². The van der Waals surface area contributed by atoms with Crippen molar-refractivity contribution in [1.29, 1.82) is 0 Å². The number of aryl methyl sites for hydroxylation is 1. The molecule has 0 bridgehead atoms. The van der Waals surface area contributed by atoms with Gasteiger partial charge in [0.15, 0.2) is 34.6 Å². The van der Waals surface area contributed by atoms with E-state index in [-0.39, 0.29) is 46.8 Å². The van der Waals surface area contributed by atoms with Gasteiger partial charge in [-0.3, -0.25) is 4.79 Å². The van der Waals surface area contributed by atoms with Crippen molar-refractivity contribution >= 4 is 27.6 Å². The Labute approximate surface area is 202 Å². The molecule has 3 aromatic rings. The van der Waals surface area contributed by atoms with E-state index in [2.05, 4.69) is 20.0 Å². The third-order valence-electron chi connectivity index (χ3n) is 5.95. The van der Waals surface area contributed by atoms with E-state index in [4.69, 9.17) is 4.74 Å². The van der Waals surface area contributed by atoms with Crippen LogP contribution >= 0.6 is 0 Å². The average Bonchev–Trinajstić information content (AvgIpc) is 3.35. The fraction of sp³-hybridized carbons (Fsp3) is 0.286. The van der Waals surface area contributed by atoms with Crippen LogP contribution in [0.15, 0.2) is 35.6 Å². The SMILES string of the molecule is Cn1cc2c(c1C(=O)Nc1cc(F)c(F)c(F)c1)OC[C@H]1CN(c3ncc(O)cn3)C[C@H]1NS2(=O)=O. The summed E-state index contributed by atoms with van der Waals surface area (Å²) in [5, 5.41) is 11.6. The van der Waals surface area contributed by atoms with Gasteiger partial charge in [0.05, 0.1) is 19.0 Å². The number of carbonyl (C=O) groups is 1. The number of halogens is 3. The first-order valence-electron chi connectivity index (χ1n) is 10.6. The van der Waals surface area contributed by atoms with Crippen LogP contribution in [0.2, 0.25) is 0 Å². The number of amides is 1. The van der Waals surface area contributed by atoms with E-state index in [0.717, 1.165) is 0 Å². The number of benzene rings is 1. The van der Waals surface area contributed by atoms with Crippen LogP contribution in [0.3, 0.4) is 0 Å². The predicted octanol–water partition coefficient (Wildman–Crippen LogP) is 1.37. The number of rotatable bonds is 3. The number of anilines is 2. The number of nitrogens with one attached hydrogen (secondary N) is 2. The van der Waals surface area contributed by atoms with Crippen LogP contribution in [0.4, 0.5) is 24.8 Å². The van der Waals surface area contributed by atoms with E-state index < -0.39 is 39.4 Å². The Hall–Kier alpha value is -3.85. The van der Waals surface area contributed by atoms with Gasteiger partial charge in [-0.15, -0.1) is 0 Å². The normalized spacial score (nSPS) is 20.6. The van der Waals surface area contributed by atoms with E-state index >= 15 is 0 Å². The van der Waals surface area contributed by atoms with Crippen molar-refractivity contribution in [2.75, 3.05) is 29.9 Å². The van der Waals surface area contributed by atoms with Crippen molar-refractivity contribution < 1.29 is 36.2 Å². The van der Waals surface area contributed by atoms with E-state index in [0.29, 0.717) is 24.6 Å². The van der Waals surface area contributed by atoms with Gasteiger partial charge in [-0.25, -0.2) is 36.3 Å². The van der Waals surface area contributed by atoms with Crippen molar-refractivity contribution in [3.8, 4) is 11.5 Å². The van der Waals surface area contributed by atoms with E-state index in [1.807, 2.05) is 0 Å². The molecule has 1 saturated heterocycles. The summed E-state index contributed by atoms with van der Waals surface area (Å²) in [6.07, 6.45) is 3.64. The molecule has 15 heteroatoms. The molecule has 11 nitrogen and oxygen atoms in total. The maximum Gasteiger partial charge on any atom is 0.276 e. The number of hydrogen-bond acceptors (Lipinski definition) is 8. The van der Waals surface area contributed by atoms with E-state index in [9.17, 15) is 31.5 Å². The highest BCUT2D eigenvalue weighted by atomic mass is 32.2. The molecular weight excluding hydrogens is 505 g/mol. The van der Waals surface area contributed by atoms with E-state index in [1.165, 1.54) is 30.2 Å². The molecule has 0 radical (unpaired) electrons. The summed E-state index contributed by atoms with van der Waals surface area (Å²) < 4.78 is 76.5. The number of fused-ring (bicyclic) bond motifs is 2. The smallest absolute Gasteiger partial charge is 0.276 e. The monoisotopic (exact) mass is 524 g/mol. The number of ether oxygens (including phenoxy) is 1. The molecule has 36 heavy (non-hydrogen) atoms. The molecule has 1 aromatic carbocycles. The number of aromatic hydroxyl groups is 1. The van der Waals surface area contributed by atoms with Crippen LogP contribution < -0.4 is 19.7 Å². The highest BCUT2D eigenvalue weighted by Gasteiger charge is 2.41. The Morgan fingerprint density at radius 2 is 1.86 bits per heavy atom. The minimum atomic E-state index is -4.15. The first kappa shape index (κ1) is 23.9. The lowest BCUT2D eigenvalue weighted by Crippen LogP contribution is -2.43. The van der Waals surface area contributed by atoms with Gasteiger partial charge in [0.1, 0.15) is 4.90 Å². The number of carbonyl (C=O) groups excluding carboxylic acids is 1. The molecule has 4 heterocycles. The van der Waals surface area contributed by atoms with Gasteiger partial charge in [-0.2, -0.15) is 0 Å². The minimum Gasteiger partial charge on any atom is -0.505 e. The third-order valence-corrected chi connectivity index (χ3v) is 7.43. The van der Waals surface area contributed by atoms with Crippen LogP contribution in [0.5, 0.6) is 11.5 Å². The molecule has 5 rings (SSSR count). The van der Waals surface area contributed by atoms with Gasteiger partial charge in [-0.05, 0) is 0 Å². The zero-order valence-corrected chi connectivity index (χ0v) is 19.4. The molecule has 190 valence electrons. The molecule has 0 aliphatic carbocycles. The maximum absolute atomic E-state index is 13.6. The van der Waals surface area contributed by atoms with Crippen molar-refractivity contribution in [2.45, 2.75) is 10.9 Å². The molecule has 0 unspecified atom stereocenters. The maximum atomic E-state index is 13.6. The third kappa shape index (κ3) is 4.19. The van der Waals surface area contributed by atoms with Gasteiger partial charge in [-0.1, -0.05) is 0 Å². The minimum absolute atomic E-state index is 0.0267. The first-order chi connectivity index (χ1) is 17.0. The van der Waals surface area contributed by atoms with Crippen LogP contribution in [0.1, 0.15) is 10.5 Å². The molecule has 2 aliphatic heterocycles. The van der Waals surface area contributed by atoms with Gasteiger partial charge < -0.3 is 24.6 Å². The number of aromatic nitrogens is 3. The zero-order chi connectivity index (χ0) is 25.8. The summed E-state index contributed by atoms with van der Waals surface area (Å²) in [4.78, 5) is 22.5. The summed E-state index contributed by atoms with van der Waals surface area (Å²) in [7, 11) is -2.74. The van der Waals surface area contributed by atoms with Crippen molar-refractivity contribution in [3.05, 3.63) is 53.9 Å². The summed E-state index contributed by atoms with van der Waals surface area (Å²) in [5.41, 5.74) is -0.575. The number of hydrogen-bond donors (Lipinski definition) is 3. The predicted molar refractivity (Wildman–Crippen MR) is 119 cm³/mol. The van der Waals surface area contributed by atoms with Gasteiger partial charge in [0.2, 0.25) is 16.0 Å². The standard InChI is InChI=1S/C21H19F3N6O5S/c1-29-8-16-19(18(29)20(32)27-11-2-13(22)17(24)14(23)3-11)35-9-10-6-30(7-15(10)28-36(16,33)34)21-25-4-12(31)5-26-21/h2-5,8,10,15,28,31H,6-7,9H2,1H3,(H,27,32)/t10-,15-/m1/s1. The van der Waals surface area contributed by atoms with Gasteiger partial charge in [0.25, 0.3) is 5.91 Å². The quantitative estimate of drug-likeness (QED) is 0.437. The van der Waals surface area contributed by atoms with Crippen LogP contribution in [-0.2, 0) is 17.1 Å². The average molecular weight is 524 g/mol.